The summed E-state index contributed by atoms with van der Waals surface area (Å²) < 4.78 is 28.0. The molecule has 0 radical (unpaired) electrons. The number of rotatable bonds is 9. The second-order valence-corrected chi connectivity index (χ2v) is 8.80. The van der Waals surface area contributed by atoms with Gasteiger partial charge in [-0.05, 0) is 55.7 Å². The Kier molecular flexibility index (Phi) is 8.48. The average Bonchev–Trinajstić information content (AvgIpc) is 3.32. The van der Waals surface area contributed by atoms with Crippen LogP contribution in [0.3, 0.4) is 0 Å². The average molecular weight is 448 g/mol. The highest BCUT2D eigenvalue weighted by molar-refractivity contribution is 5.79. The summed E-state index contributed by atoms with van der Waals surface area (Å²) in [5.41, 5.74) is 1.23. The second kappa shape index (κ2) is 11.7. The van der Waals surface area contributed by atoms with Gasteiger partial charge in [0.25, 0.3) is 0 Å². The quantitative estimate of drug-likeness (QED) is 0.342. The number of hydrogen-bond acceptors (Lipinski definition) is 6. The highest BCUT2D eigenvalue weighted by atomic mass is 16.7. The van der Waals surface area contributed by atoms with Crippen LogP contribution >= 0.6 is 0 Å². The van der Waals surface area contributed by atoms with Crippen LogP contribution in [-0.2, 0) is 19.6 Å². The van der Waals surface area contributed by atoms with Crippen LogP contribution in [0.25, 0.3) is 0 Å². The first-order valence-corrected chi connectivity index (χ1v) is 11.9. The summed E-state index contributed by atoms with van der Waals surface area (Å²) in [5.74, 6) is 3.12. The van der Waals surface area contributed by atoms with Crippen LogP contribution < -0.4 is 20.1 Å². The summed E-state index contributed by atoms with van der Waals surface area (Å²) in [7, 11) is 1.81. The SMILES string of the molecule is CN=C(NCCCOCC1CCOCC1)NCC1(c2ccc3c(c2)OCO3)CCOCC1. The molecule has 1 aromatic carbocycles. The van der Waals surface area contributed by atoms with Gasteiger partial charge in [0.05, 0.1) is 0 Å². The highest BCUT2D eigenvalue weighted by Crippen LogP contribution is 2.40. The molecule has 0 amide bonds. The zero-order chi connectivity index (χ0) is 22.1. The van der Waals surface area contributed by atoms with Crippen molar-refractivity contribution in [2.24, 2.45) is 10.9 Å². The number of ether oxygens (including phenoxy) is 5. The Hall–Kier alpha value is -2.03. The molecule has 0 aliphatic carbocycles. The van der Waals surface area contributed by atoms with Gasteiger partial charge in [0.1, 0.15) is 0 Å². The van der Waals surface area contributed by atoms with Crippen molar-refractivity contribution < 1.29 is 23.7 Å². The van der Waals surface area contributed by atoms with E-state index in [9.17, 15) is 0 Å². The molecule has 178 valence electrons. The monoisotopic (exact) mass is 447 g/mol. The van der Waals surface area contributed by atoms with Gasteiger partial charge in [-0.15, -0.1) is 0 Å². The third kappa shape index (κ3) is 6.05. The summed E-state index contributed by atoms with van der Waals surface area (Å²) in [5, 5.41) is 6.97. The summed E-state index contributed by atoms with van der Waals surface area (Å²) >= 11 is 0. The lowest BCUT2D eigenvalue weighted by atomic mass is 9.74. The van der Waals surface area contributed by atoms with Gasteiger partial charge in [-0.2, -0.15) is 0 Å². The smallest absolute Gasteiger partial charge is 0.231 e. The number of benzene rings is 1. The first kappa shape index (κ1) is 23.1. The molecule has 0 saturated carbocycles. The van der Waals surface area contributed by atoms with Gasteiger partial charge < -0.3 is 34.3 Å². The van der Waals surface area contributed by atoms with Gasteiger partial charge in [-0.1, -0.05) is 6.07 Å². The molecule has 2 fully saturated rings. The Bertz CT molecular complexity index is 745. The molecule has 2 N–H and O–H groups in total. The third-order valence-electron chi connectivity index (χ3n) is 6.71. The van der Waals surface area contributed by atoms with Crippen LogP contribution in [0.2, 0.25) is 0 Å². The van der Waals surface area contributed by atoms with Crippen molar-refractivity contribution in [3.05, 3.63) is 23.8 Å². The van der Waals surface area contributed by atoms with E-state index in [0.29, 0.717) is 12.7 Å². The van der Waals surface area contributed by atoms with E-state index in [1.54, 1.807) is 0 Å². The fourth-order valence-corrected chi connectivity index (χ4v) is 4.57. The molecule has 32 heavy (non-hydrogen) atoms. The summed E-state index contributed by atoms with van der Waals surface area (Å²) in [4.78, 5) is 4.41. The Morgan fingerprint density at radius 2 is 1.84 bits per heavy atom. The Balaban J connectivity index is 1.23. The maximum atomic E-state index is 5.86. The zero-order valence-corrected chi connectivity index (χ0v) is 19.2. The van der Waals surface area contributed by atoms with Gasteiger partial charge in [0.2, 0.25) is 6.79 Å². The van der Waals surface area contributed by atoms with Crippen molar-refractivity contribution in [2.75, 3.05) is 66.6 Å². The molecule has 3 heterocycles. The maximum absolute atomic E-state index is 5.86. The van der Waals surface area contributed by atoms with Gasteiger partial charge in [-0.3, -0.25) is 4.99 Å². The van der Waals surface area contributed by atoms with E-state index in [1.165, 1.54) is 5.56 Å². The molecule has 8 nitrogen and oxygen atoms in total. The van der Waals surface area contributed by atoms with E-state index in [2.05, 4.69) is 27.8 Å². The fraction of sp³-hybridized carbons (Fsp3) is 0.708. The molecule has 0 spiro atoms. The molecule has 3 aliphatic rings. The molecule has 0 unspecified atom stereocenters. The highest BCUT2D eigenvalue weighted by Gasteiger charge is 2.35. The van der Waals surface area contributed by atoms with Crippen molar-refractivity contribution in [3.8, 4) is 11.5 Å². The first-order chi connectivity index (χ1) is 15.8. The summed E-state index contributed by atoms with van der Waals surface area (Å²) in [6.45, 7) is 6.77. The lowest BCUT2D eigenvalue weighted by Crippen LogP contribution is -2.48. The molecule has 3 aliphatic heterocycles. The molecule has 1 aromatic rings. The van der Waals surface area contributed by atoms with E-state index in [-0.39, 0.29) is 5.41 Å². The van der Waals surface area contributed by atoms with Crippen molar-refractivity contribution in [2.45, 2.75) is 37.5 Å². The summed E-state index contributed by atoms with van der Waals surface area (Å²) in [6.07, 6.45) is 5.09. The molecule has 0 atom stereocenters. The predicted molar refractivity (Wildman–Crippen MR) is 123 cm³/mol. The van der Waals surface area contributed by atoms with E-state index < -0.39 is 0 Å². The van der Waals surface area contributed by atoms with Crippen molar-refractivity contribution in [1.82, 2.24) is 10.6 Å². The topological polar surface area (TPSA) is 82.6 Å². The third-order valence-corrected chi connectivity index (χ3v) is 6.71. The van der Waals surface area contributed by atoms with Crippen LogP contribution in [0, 0.1) is 5.92 Å². The van der Waals surface area contributed by atoms with Gasteiger partial charge in [0.15, 0.2) is 17.5 Å². The van der Waals surface area contributed by atoms with E-state index in [0.717, 1.165) is 102 Å². The lowest BCUT2D eigenvalue weighted by molar-refractivity contribution is 0.0203. The van der Waals surface area contributed by atoms with Crippen molar-refractivity contribution in [1.29, 1.82) is 0 Å². The standard InChI is InChI=1S/C24H37N3O5/c1-25-23(26-9-2-10-30-16-19-5-11-28-12-6-19)27-17-24(7-13-29-14-8-24)20-3-4-21-22(15-20)32-18-31-21/h3-4,15,19H,2,5-14,16-18H2,1H3,(H2,25,26,27). The fourth-order valence-electron chi connectivity index (χ4n) is 4.57. The Morgan fingerprint density at radius 1 is 1.06 bits per heavy atom. The van der Waals surface area contributed by atoms with Crippen molar-refractivity contribution in [3.63, 3.8) is 0 Å². The minimum atomic E-state index is -0.0241. The number of guanidine groups is 1. The summed E-state index contributed by atoms with van der Waals surface area (Å²) in [6, 6.07) is 6.30. The largest absolute Gasteiger partial charge is 0.454 e. The zero-order valence-electron chi connectivity index (χ0n) is 19.2. The lowest BCUT2D eigenvalue weighted by Gasteiger charge is -2.38. The second-order valence-electron chi connectivity index (χ2n) is 8.80. The number of hydrogen-bond donors (Lipinski definition) is 2. The van der Waals surface area contributed by atoms with Gasteiger partial charge in [-0.25, -0.2) is 0 Å². The Labute approximate surface area is 191 Å². The minimum absolute atomic E-state index is 0.0241. The minimum Gasteiger partial charge on any atom is -0.454 e. The molecule has 4 rings (SSSR count). The van der Waals surface area contributed by atoms with Crippen molar-refractivity contribution >= 4 is 5.96 Å². The van der Waals surface area contributed by atoms with Crippen LogP contribution in [-0.4, -0.2) is 72.5 Å². The molecule has 2 saturated heterocycles. The predicted octanol–water partition coefficient (Wildman–Crippen LogP) is 2.46. The number of nitrogens with zero attached hydrogens (tertiary/aromatic N) is 1. The number of nitrogens with one attached hydrogen (secondary N) is 2. The number of aliphatic imine (C=N–C) groups is 1. The first-order valence-electron chi connectivity index (χ1n) is 11.9. The van der Waals surface area contributed by atoms with E-state index >= 15 is 0 Å². The molecule has 0 aromatic heterocycles. The van der Waals surface area contributed by atoms with Gasteiger partial charge in [0, 0.05) is 65.2 Å². The van der Waals surface area contributed by atoms with Crippen LogP contribution in [0.4, 0.5) is 0 Å². The molecule has 0 bridgehead atoms. The maximum Gasteiger partial charge on any atom is 0.231 e. The molecular weight excluding hydrogens is 410 g/mol. The van der Waals surface area contributed by atoms with E-state index in [4.69, 9.17) is 23.7 Å². The van der Waals surface area contributed by atoms with E-state index in [1.807, 2.05) is 13.1 Å². The Morgan fingerprint density at radius 3 is 2.66 bits per heavy atom. The van der Waals surface area contributed by atoms with Crippen LogP contribution in [0.15, 0.2) is 23.2 Å². The number of fused-ring (bicyclic) bond motifs is 1. The van der Waals surface area contributed by atoms with Crippen LogP contribution in [0.5, 0.6) is 11.5 Å². The normalized spacial score (nSPS) is 20.8. The molecular formula is C24H37N3O5. The van der Waals surface area contributed by atoms with Gasteiger partial charge >= 0.3 is 0 Å². The molecule has 8 heteroatoms. The van der Waals surface area contributed by atoms with Crippen LogP contribution in [0.1, 0.15) is 37.7 Å².